The van der Waals surface area contributed by atoms with Gasteiger partial charge >= 0.3 is 8.45 Å². The first kappa shape index (κ1) is 34.1. The van der Waals surface area contributed by atoms with Crippen molar-refractivity contribution >= 4 is 98.8 Å². The Bertz CT molecular complexity index is 2900. The van der Waals surface area contributed by atoms with E-state index in [1.54, 1.807) is 0 Å². The SMILES string of the molecule is Clc1ccc2c(ccn2P(Oc2ccc3ccccc3c2-c2c(P(c3ccccc3)c3ccccc3)ccc3ccccc23)n2ccc3cc(Cl)ccc32)c1. The van der Waals surface area contributed by atoms with Crippen LogP contribution in [0.1, 0.15) is 0 Å². The summed E-state index contributed by atoms with van der Waals surface area (Å²) in [7, 11) is -2.50. The number of hydrogen-bond acceptors (Lipinski definition) is 1. The van der Waals surface area contributed by atoms with Crippen LogP contribution in [0.15, 0.2) is 194 Å². The molecule has 2 heterocycles. The average molecular weight is 786 g/mol. The molecule has 0 fully saturated rings. The average Bonchev–Trinajstić information content (AvgIpc) is 3.84. The Balaban J connectivity index is 1.27. The molecule has 0 aliphatic heterocycles. The fourth-order valence-corrected chi connectivity index (χ4v) is 12.3. The van der Waals surface area contributed by atoms with Gasteiger partial charge in [-0.2, -0.15) is 0 Å². The van der Waals surface area contributed by atoms with Crippen molar-refractivity contribution in [3.05, 3.63) is 204 Å². The van der Waals surface area contributed by atoms with E-state index in [2.05, 4.69) is 179 Å². The van der Waals surface area contributed by atoms with Crippen molar-refractivity contribution in [1.29, 1.82) is 0 Å². The fourth-order valence-electron chi connectivity index (χ4n) is 7.65. The molecule has 0 saturated heterocycles. The van der Waals surface area contributed by atoms with Gasteiger partial charge in [0.2, 0.25) is 0 Å². The van der Waals surface area contributed by atoms with Crippen LogP contribution in [0.4, 0.5) is 0 Å². The Morgan fingerprint density at radius 1 is 0.418 bits per heavy atom. The molecule has 7 heteroatoms. The molecule has 10 aromatic rings. The van der Waals surface area contributed by atoms with Gasteiger partial charge in [-0.1, -0.05) is 151 Å². The summed E-state index contributed by atoms with van der Waals surface area (Å²) in [6.07, 6.45) is 4.23. The van der Waals surface area contributed by atoms with Crippen LogP contribution in [0.5, 0.6) is 5.75 Å². The van der Waals surface area contributed by atoms with Crippen molar-refractivity contribution in [1.82, 2.24) is 8.68 Å². The molecule has 10 rings (SSSR count). The van der Waals surface area contributed by atoms with Crippen LogP contribution in [-0.4, -0.2) is 8.68 Å². The molecule has 8 aromatic carbocycles. The van der Waals surface area contributed by atoms with Crippen LogP contribution >= 0.6 is 39.6 Å². The molecule has 0 atom stereocenters. The first-order chi connectivity index (χ1) is 27.1. The number of hydrogen-bond donors (Lipinski definition) is 0. The highest BCUT2D eigenvalue weighted by atomic mass is 35.5. The lowest BCUT2D eigenvalue weighted by Gasteiger charge is -2.27. The molecule has 0 aliphatic carbocycles. The summed E-state index contributed by atoms with van der Waals surface area (Å²) in [4.78, 5) is 0. The third-order valence-electron chi connectivity index (χ3n) is 10.1. The van der Waals surface area contributed by atoms with Gasteiger partial charge < -0.3 is 4.52 Å². The fraction of sp³-hybridized carbons (Fsp3) is 0. The van der Waals surface area contributed by atoms with Crippen LogP contribution in [0.2, 0.25) is 10.0 Å². The topological polar surface area (TPSA) is 19.1 Å². The van der Waals surface area contributed by atoms with Crippen molar-refractivity contribution in [2.45, 2.75) is 0 Å². The van der Waals surface area contributed by atoms with E-state index in [4.69, 9.17) is 27.7 Å². The van der Waals surface area contributed by atoms with Gasteiger partial charge in [0.1, 0.15) is 5.75 Å². The summed E-state index contributed by atoms with van der Waals surface area (Å²) in [6, 6.07) is 64.5. The Labute approximate surface area is 331 Å². The molecule has 0 unspecified atom stereocenters. The van der Waals surface area contributed by atoms with E-state index >= 15 is 0 Å². The minimum atomic E-state index is -1.54. The molecule has 0 amide bonds. The van der Waals surface area contributed by atoms with Crippen molar-refractivity contribution in [3.63, 3.8) is 0 Å². The quantitative estimate of drug-likeness (QED) is 0.140. The first-order valence-electron chi connectivity index (χ1n) is 18.1. The van der Waals surface area contributed by atoms with E-state index in [9.17, 15) is 0 Å². The third kappa shape index (κ3) is 6.19. The molecule has 0 saturated carbocycles. The summed E-state index contributed by atoms with van der Waals surface area (Å²) < 4.78 is 12.1. The summed E-state index contributed by atoms with van der Waals surface area (Å²) in [6.45, 7) is 0. The molecule has 2 aromatic heterocycles. The van der Waals surface area contributed by atoms with Crippen LogP contribution in [0, 0.1) is 0 Å². The van der Waals surface area contributed by atoms with Gasteiger partial charge in [0.15, 0.2) is 0 Å². The van der Waals surface area contributed by atoms with Crippen LogP contribution in [0.25, 0.3) is 54.5 Å². The van der Waals surface area contributed by atoms with Gasteiger partial charge in [-0.3, -0.25) is 8.68 Å². The standard InChI is InChI=1S/C48H32Cl2N2OP2/c49-37-21-23-43-35(31-37)27-29-51(43)55(52-30-28-36-32-38(50)22-24-44(36)52)53-45-25-19-33-11-7-9-17-41(33)47(45)48-42-18-10-8-12-34(42)20-26-46(48)54(39-13-3-1-4-14-39)40-15-5-2-6-16-40/h1-32H. The largest absolute Gasteiger partial charge is 0.435 e. The Morgan fingerprint density at radius 2 is 0.909 bits per heavy atom. The lowest BCUT2D eigenvalue weighted by molar-refractivity contribution is 0.599. The van der Waals surface area contributed by atoms with E-state index in [-0.39, 0.29) is 0 Å². The molecular formula is C48H32Cl2N2OP2. The maximum atomic E-state index is 7.60. The molecule has 55 heavy (non-hydrogen) atoms. The normalized spacial score (nSPS) is 11.8. The highest BCUT2D eigenvalue weighted by Crippen LogP contribution is 2.52. The number of rotatable bonds is 8. The highest BCUT2D eigenvalue weighted by Gasteiger charge is 2.28. The van der Waals surface area contributed by atoms with Crippen molar-refractivity contribution < 1.29 is 4.52 Å². The number of nitrogens with zero attached hydrogens (tertiary/aromatic N) is 2. The van der Waals surface area contributed by atoms with Gasteiger partial charge in [-0.15, -0.1) is 0 Å². The van der Waals surface area contributed by atoms with Crippen LogP contribution in [-0.2, 0) is 0 Å². The molecule has 0 radical (unpaired) electrons. The van der Waals surface area contributed by atoms with E-state index in [0.717, 1.165) is 43.9 Å². The van der Waals surface area contributed by atoms with Crippen LogP contribution < -0.4 is 20.4 Å². The molecule has 0 spiro atoms. The first-order valence-corrected chi connectivity index (χ1v) is 21.3. The second-order valence-corrected chi connectivity index (χ2v) is 18.0. The number of aromatic nitrogens is 2. The Hall–Kier alpha value is -5.40. The minimum absolute atomic E-state index is 0.699. The molecule has 3 nitrogen and oxygen atoms in total. The number of fused-ring (bicyclic) bond motifs is 4. The Kier molecular flexibility index (Phi) is 8.90. The highest BCUT2D eigenvalue weighted by molar-refractivity contribution is 7.80. The Morgan fingerprint density at radius 3 is 1.47 bits per heavy atom. The molecular weight excluding hydrogens is 753 g/mol. The van der Waals surface area contributed by atoms with E-state index in [1.165, 1.54) is 32.2 Å². The molecule has 0 aliphatic rings. The van der Waals surface area contributed by atoms with Gasteiger partial charge in [0.25, 0.3) is 0 Å². The maximum Gasteiger partial charge on any atom is 0.318 e. The third-order valence-corrected chi connectivity index (χ3v) is 14.9. The van der Waals surface area contributed by atoms with Crippen molar-refractivity contribution in [2.75, 3.05) is 0 Å². The summed E-state index contributed by atoms with van der Waals surface area (Å²) in [5.41, 5.74) is 4.34. The second-order valence-electron chi connectivity index (χ2n) is 13.4. The van der Waals surface area contributed by atoms with Gasteiger partial charge in [0.05, 0.1) is 11.0 Å². The number of benzene rings is 8. The summed E-state index contributed by atoms with van der Waals surface area (Å²) in [5, 5.41) is 12.0. The van der Waals surface area contributed by atoms with E-state index in [1.807, 2.05) is 24.3 Å². The predicted molar refractivity (Wildman–Crippen MR) is 238 cm³/mol. The van der Waals surface area contributed by atoms with Gasteiger partial charge in [-0.05, 0) is 100.0 Å². The minimum Gasteiger partial charge on any atom is -0.435 e. The van der Waals surface area contributed by atoms with Crippen molar-refractivity contribution in [3.8, 4) is 16.9 Å². The summed E-state index contributed by atoms with van der Waals surface area (Å²) >= 11 is 13.0. The van der Waals surface area contributed by atoms with Gasteiger partial charge in [0, 0.05) is 44.3 Å². The lowest BCUT2D eigenvalue weighted by Crippen LogP contribution is -2.22. The van der Waals surface area contributed by atoms with Gasteiger partial charge in [-0.25, -0.2) is 0 Å². The predicted octanol–water partition coefficient (Wildman–Crippen LogP) is 13.3. The van der Waals surface area contributed by atoms with Crippen molar-refractivity contribution in [2.24, 2.45) is 0 Å². The number of halogens is 2. The van der Waals surface area contributed by atoms with E-state index < -0.39 is 16.4 Å². The zero-order valence-corrected chi connectivity index (χ0v) is 32.7. The monoisotopic (exact) mass is 784 g/mol. The summed E-state index contributed by atoms with van der Waals surface area (Å²) in [5.74, 6) is 0.810. The molecule has 0 N–H and O–H groups in total. The second kappa shape index (κ2) is 14.3. The van der Waals surface area contributed by atoms with E-state index in [0.29, 0.717) is 10.0 Å². The maximum absolute atomic E-state index is 7.60. The zero-order chi connectivity index (χ0) is 36.9. The molecule has 264 valence electrons. The zero-order valence-electron chi connectivity index (χ0n) is 29.4. The molecule has 0 bridgehead atoms. The van der Waals surface area contributed by atoms with Crippen LogP contribution in [0.3, 0.4) is 0 Å². The lowest BCUT2D eigenvalue weighted by atomic mass is 9.93. The smallest absolute Gasteiger partial charge is 0.318 e.